The van der Waals surface area contributed by atoms with Crippen molar-refractivity contribution in [3.63, 3.8) is 0 Å². The molecule has 0 spiro atoms. The first kappa shape index (κ1) is 29.0. The quantitative estimate of drug-likeness (QED) is 0.559. The number of nitrogens with zero attached hydrogens (tertiary/aromatic N) is 1. The van der Waals surface area contributed by atoms with Gasteiger partial charge in [0.15, 0.2) is 0 Å². The fourth-order valence-electron chi connectivity index (χ4n) is 2.08. The molecule has 166 valence electrons. The van der Waals surface area contributed by atoms with Gasteiger partial charge in [0.2, 0.25) is 0 Å². The number of nitrogens with two attached hydrogens (primary N) is 1. The summed E-state index contributed by atoms with van der Waals surface area (Å²) in [5.41, 5.74) is 8.37. The molecule has 8 nitrogen and oxygen atoms in total. The second kappa shape index (κ2) is 19.1. The highest BCUT2D eigenvalue weighted by atomic mass is 16.4. The molecule has 0 radical (unpaired) electrons. The van der Waals surface area contributed by atoms with Crippen molar-refractivity contribution in [3.8, 4) is 0 Å². The molecule has 8 heteroatoms. The molecule has 0 aliphatic carbocycles. The fourth-order valence-corrected chi connectivity index (χ4v) is 2.08. The van der Waals surface area contributed by atoms with Gasteiger partial charge in [0.1, 0.15) is 0 Å². The summed E-state index contributed by atoms with van der Waals surface area (Å²) in [6.07, 6.45) is 0. The highest BCUT2D eigenvalue weighted by Crippen LogP contribution is 2.09. The molecule has 5 N–H and O–H groups in total. The Morgan fingerprint density at radius 1 is 0.700 bits per heavy atom. The van der Waals surface area contributed by atoms with Gasteiger partial charge in [-0.2, -0.15) is 0 Å². The van der Waals surface area contributed by atoms with Crippen LogP contribution in [-0.2, 0) is 27.5 Å². The van der Waals surface area contributed by atoms with Gasteiger partial charge in [-0.3, -0.25) is 19.3 Å². The van der Waals surface area contributed by atoms with Gasteiger partial charge in [0, 0.05) is 47.0 Å². The number of hydrogen-bond acceptors (Lipinski definition) is 5. The number of carbonyl (C=O) groups is 3. The maximum atomic E-state index is 9.00. The van der Waals surface area contributed by atoms with Crippen LogP contribution in [0.3, 0.4) is 0 Å². The Bertz CT molecular complexity index is 626. The summed E-state index contributed by atoms with van der Waals surface area (Å²) in [5.74, 6) is -2.50. The topological polar surface area (TPSA) is 141 Å². The lowest BCUT2D eigenvalue weighted by Gasteiger charge is -2.21. The number of carboxylic acids is 3. The van der Waals surface area contributed by atoms with Crippen LogP contribution in [0.5, 0.6) is 0 Å². The van der Waals surface area contributed by atoms with Crippen LogP contribution >= 0.6 is 0 Å². The van der Waals surface area contributed by atoms with E-state index in [0.29, 0.717) is 6.54 Å². The van der Waals surface area contributed by atoms with Crippen molar-refractivity contribution >= 4 is 17.9 Å². The second-order valence-corrected chi connectivity index (χ2v) is 6.03. The van der Waals surface area contributed by atoms with Gasteiger partial charge in [-0.15, -0.1) is 0 Å². The van der Waals surface area contributed by atoms with E-state index in [2.05, 4.69) is 53.4 Å². The second-order valence-electron chi connectivity index (χ2n) is 6.03. The van der Waals surface area contributed by atoms with Crippen molar-refractivity contribution < 1.29 is 29.7 Å². The number of aliphatic carboxylic acids is 3. The van der Waals surface area contributed by atoms with Gasteiger partial charge >= 0.3 is 0 Å². The van der Waals surface area contributed by atoms with E-state index in [9.17, 15) is 0 Å². The van der Waals surface area contributed by atoms with Crippen LogP contribution < -0.4 is 5.73 Å². The maximum Gasteiger partial charge on any atom is 0.300 e. The predicted octanol–water partition coefficient (Wildman–Crippen LogP) is 2.92. The SMILES string of the molecule is CC(=O)O.CC(=O)O.CC(=O)O.NCCN(Cc1ccccc1)Cc1ccccc1. The van der Waals surface area contributed by atoms with Crippen LogP contribution in [0.1, 0.15) is 31.9 Å². The molecular weight excluding hydrogens is 388 g/mol. The van der Waals surface area contributed by atoms with Crippen LogP contribution in [0.15, 0.2) is 60.7 Å². The monoisotopic (exact) mass is 420 g/mol. The number of carboxylic acid groups (broad SMARTS) is 3. The first-order valence-corrected chi connectivity index (χ1v) is 9.17. The molecule has 2 aromatic rings. The first-order chi connectivity index (χ1) is 14.1. The molecule has 0 saturated carbocycles. The molecule has 0 aromatic heterocycles. The zero-order chi connectivity index (χ0) is 23.4. The average molecular weight is 421 g/mol. The van der Waals surface area contributed by atoms with E-state index in [-0.39, 0.29) is 0 Å². The summed E-state index contributed by atoms with van der Waals surface area (Å²) in [4.78, 5) is 29.4. The van der Waals surface area contributed by atoms with Gasteiger partial charge in [-0.1, -0.05) is 60.7 Å². The third kappa shape index (κ3) is 24.8. The Hall–Kier alpha value is -3.23. The number of rotatable bonds is 6. The molecule has 2 rings (SSSR count). The lowest BCUT2D eigenvalue weighted by atomic mass is 10.1. The third-order valence-corrected chi connectivity index (χ3v) is 2.94. The van der Waals surface area contributed by atoms with Gasteiger partial charge in [0.25, 0.3) is 17.9 Å². The minimum absolute atomic E-state index is 0.694. The molecule has 0 amide bonds. The Kier molecular flexibility index (Phi) is 18.4. The maximum absolute atomic E-state index is 9.00. The molecule has 0 saturated heterocycles. The lowest BCUT2D eigenvalue weighted by molar-refractivity contribution is -0.135. The van der Waals surface area contributed by atoms with E-state index in [1.54, 1.807) is 0 Å². The van der Waals surface area contributed by atoms with E-state index in [1.807, 2.05) is 12.1 Å². The molecule has 0 heterocycles. The van der Waals surface area contributed by atoms with E-state index in [4.69, 9.17) is 35.4 Å². The summed E-state index contributed by atoms with van der Waals surface area (Å²) >= 11 is 0. The minimum Gasteiger partial charge on any atom is -0.481 e. The molecule has 0 fully saturated rings. The summed E-state index contributed by atoms with van der Waals surface area (Å²) < 4.78 is 0. The largest absolute Gasteiger partial charge is 0.481 e. The van der Waals surface area contributed by atoms with Crippen molar-refractivity contribution in [2.75, 3.05) is 13.1 Å². The summed E-state index contributed by atoms with van der Waals surface area (Å²) in [7, 11) is 0. The van der Waals surface area contributed by atoms with E-state index >= 15 is 0 Å². The van der Waals surface area contributed by atoms with Crippen molar-refractivity contribution in [2.45, 2.75) is 33.9 Å². The van der Waals surface area contributed by atoms with Crippen molar-refractivity contribution in [3.05, 3.63) is 71.8 Å². The van der Waals surface area contributed by atoms with E-state index < -0.39 is 17.9 Å². The number of benzene rings is 2. The Morgan fingerprint density at radius 2 is 0.967 bits per heavy atom. The van der Waals surface area contributed by atoms with Gasteiger partial charge in [-0.05, 0) is 11.1 Å². The van der Waals surface area contributed by atoms with Gasteiger partial charge < -0.3 is 21.1 Å². The summed E-state index contributed by atoms with van der Waals surface area (Å²) in [5, 5.41) is 22.2. The van der Waals surface area contributed by atoms with Crippen LogP contribution in [0.25, 0.3) is 0 Å². The fraction of sp³-hybridized carbons (Fsp3) is 0.318. The summed E-state index contributed by atoms with van der Waals surface area (Å²) in [6.45, 7) is 6.77. The average Bonchev–Trinajstić information content (AvgIpc) is 2.62. The van der Waals surface area contributed by atoms with Crippen molar-refractivity contribution in [2.24, 2.45) is 5.73 Å². The smallest absolute Gasteiger partial charge is 0.300 e. The Labute approximate surface area is 177 Å². The van der Waals surface area contributed by atoms with Crippen molar-refractivity contribution in [1.29, 1.82) is 0 Å². The van der Waals surface area contributed by atoms with Crippen molar-refractivity contribution in [1.82, 2.24) is 4.90 Å². The highest BCUT2D eigenvalue weighted by molar-refractivity contribution is 5.63. The standard InChI is InChI=1S/C16H20N2.3C2H4O2/c17-11-12-18(13-15-7-3-1-4-8-15)14-16-9-5-2-6-10-16;3*1-2(3)4/h1-10H,11-14,17H2;3*1H3,(H,3,4). The van der Waals surface area contributed by atoms with Crippen LogP contribution in [0.2, 0.25) is 0 Å². The van der Waals surface area contributed by atoms with E-state index in [0.717, 1.165) is 40.4 Å². The van der Waals surface area contributed by atoms with Gasteiger partial charge in [0.05, 0.1) is 0 Å². The molecule has 0 aliphatic heterocycles. The predicted molar refractivity (Wildman–Crippen MR) is 116 cm³/mol. The van der Waals surface area contributed by atoms with Crippen LogP contribution in [0, 0.1) is 0 Å². The zero-order valence-corrected chi connectivity index (χ0v) is 17.7. The minimum atomic E-state index is -0.833. The Balaban J connectivity index is 0. The molecule has 0 aliphatic rings. The van der Waals surface area contributed by atoms with Gasteiger partial charge in [-0.25, -0.2) is 0 Å². The molecule has 2 aromatic carbocycles. The third-order valence-electron chi connectivity index (χ3n) is 2.94. The molecular formula is C22H32N2O6. The normalized spacial score (nSPS) is 8.97. The molecule has 0 bridgehead atoms. The molecule has 0 atom stereocenters. The molecule has 0 unspecified atom stereocenters. The lowest BCUT2D eigenvalue weighted by Crippen LogP contribution is -2.28. The van der Waals surface area contributed by atoms with E-state index in [1.165, 1.54) is 11.1 Å². The number of hydrogen-bond donors (Lipinski definition) is 4. The highest BCUT2D eigenvalue weighted by Gasteiger charge is 2.05. The Morgan fingerprint density at radius 3 is 1.20 bits per heavy atom. The van der Waals surface area contributed by atoms with Crippen LogP contribution in [0.4, 0.5) is 0 Å². The molecule has 30 heavy (non-hydrogen) atoms. The van der Waals surface area contributed by atoms with Crippen LogP contribution in [-0.4, -0.2) is 51.2 Å². The first-order valence-electron chi connectivity index (χ1n) is 9.17. The summed E-state index contributed by atoms with van der Waals surface area (Å²) in [6, 6.07) is 21.1. The zero-order valence-electron chi connectivity index (χ0n) is 17.7.